The van der Waals surface area contributed by atoms with Crippen molar-refractivity contribution in [1.29, 1.82) is 0 Å². The van der Waals surface area contributed by atoms with E-state index in [1.165, 1.54) is 12.3 Å². The lowest BCUT2D eigenvalue weighted by Crippen LogP contribution is -2.23. The zero-order valence-electron chi connectivity index (χ0n) is 14.5. The number of hydrogen-bond donors (Lipinski definition) is 2. The van der Waals surface area contributed by atoms with E-state index >= 15 is 0 Å². The number of amides is 1. The molecule has 3 rings (SSSR count). The molecule has 0 atom stereocenters. The van der Waals surface area contributed by atoms with Crippen molar-refractivity contribution >= 4 is 34.8 Å². The average molecular weight is 442 g/mol. The minimum Gasteiger partial charge on any atom is -0.325 e. The Morgan fingerprint density at radius 2 is 1.72 bits per heavy atom. The molecule has 1 aromatic heterocycles. The fraction of sp³-hybridized carbons (Fsp3) is 0.105. The van der Waals surface area contributed by atoms with Crippen molar-refractivity contribution in [2.75, 3.05) is 5.32 Å². The van der Waals surface area contributed by atoms with Gasteiger partial charge in [-0.3, -0.25) is 9.59 Å². The number of carbonyl (C=O) groups excluding carboxylic acids is 1. The van der Waals surface area contributed by atoms with Crippen LogP contribution in [0.2, 0.25) is 10.0 Å². The van der Waals surface area contributed by atoms with Gasteiger partial charge in [0.2, 0.25) is 5.91 Å². The molecule has 0 saturated heterocycles. The van der Waals surface area contributed by atoms with E-state index in [9.17, 15) is 22.8 Å². The molecule has 1 amide bonds. The van der Waals surface area contributed by atoms with Crippen LogP contribution in [0.3, 0.4) is 0 Å². The molecular formula is C19H12Cl2F3N3O2. The van der Waals surface area contributed by atoms with E-state index in [4.69, 9.17) is 23.2 Å². The first kappa shape index (κ1) is 20.9. The van der Waals surface area contributed by atoms with E-state index < -0.39 is 35.3 Å². The number of carbonyl (C=O) groups is 1. The largest absolute Gasteiger partial charge is 0.418 e. The highest BCUT2D eigenvalue weighted by molar-refractivity contribution is 6.31. The Kier molecular flexibility index (Phi) is 5.95. The highest BCUT2D eigenvalue weighted by atomic mass is 35.5. The van der Waals surface area contributed by atoms with E-state index in [0.29, 0.717) is 16.7 Å². The van der Waals surface area contributed by atoms with Gasteiger partial charge in [0, 0.05) is 27.4 Å². The molecule has 0 bridgehead atoms. The van der Waals surface area contributed by atoms with Gasteiger partial charge in [-0.1, -0.05) is 23.2 Å². The summed E-state index contributed by atoms with van der Waals surface area (Å²) in [5.41, 5.74) is -1.49. The van der Waals surface area contributed by atoms with Crippen LogP contribution in [0.5, 0.6) is 0 Å². The van der Waals surface area contributed by atoms with Crippen LogP contribution in [0.1, 0.15) is 11.1 Å². The third kappa shape index (κ3) is 5.16. The van der Waals surface area contributed by atoms with E-state index in [2.05, 4.69) is 15.3 Å². The Bertz CT molecular complexity index is 1110. The number of nitrogens with zero attached hydrogens (tertiary/aromatic N) is 1. The number of anilines is 1. The molecule has 0 spiro atoms. The SMILES string of the molecule is O=C(Cc1cnc(-c2ccc(Cl)cc2)[nH]c1=O)Nc1ccc(Cl)cc1C(F)(F)F. The monoisotopic (exact) mass is 441 g/mol. The van der Waals surface area contributed by atoms with E-state index in [-0.39, 0.29) is 16.4 Å². The molecular weight excluding hydrogens is 430 g/mol. The van der Waals surface area contributed by atoms with Crippen molar-refractivity contribution in [2.24, 2.45) is 0 Å². The number of nitrogens with one attached hydrogen (secondary N) is 2. The van der Waals surface area contributed by atoms with Crippen molar-refractivity contribution in [3.8, 4) is 11.4 Å². The smallest absolute Gasteiger partial charge is 0.325 e. The second kappa shape index (κ2) is 8.26. The van der Waals surface area contributed by atoms with Crippen molar-refractivity contribution in [1.82, 2.24) is 9.97 Å². The number of alkyl halides is 3. The molecule has 0 saturated carbocycles. The van der Waals surface area contributed by atoms with Crippen LogP contribution in [0.15, 0.2) is 53.5 Å². The molecule has 150 valence electrons. The van der Waals surface area contributed by atoms with Crippen LogP contribution in [-0.4, -0.2) is 15.9 Å². The van der Waals surface area contributed by atoms with Crippen molar-refractivity contribution in [3.63, 3.8) is 0 Å². The molecule has 0 unspecified atom stereocenters. The number of rotatable bonds is 4. The third-order valence-corrected chi connectivity index (χ3v) is 4.39. The summed E-state index contributed by atoms with van der Waals surface area (Å²) >= 11 is 11.4. The van der Waals surface area contributed by atoms with E-state index in [1.54, 1.807) is 24.3 Å². The van der Waals surface area contributed by atoms with E-state index in [0.717, 1.165) is 6.07 Å². The number of halogens is 5. The molecule has 2 N–H and O–H groups in total. The van der Waals surface area contributed by atoms with Gasteiger partial charge in [-0.15, -0.1) is 0 Å². The molecule has 0 aliphatic carbocycles. The molecule has 3 aromatic rings. The maximum absolute atomic E-state index is 13.1. The van der Waals surface area contributed by atoms with Crippen LogP contribution in [0.25, 0.3) is 11.4 Å². The summed E-state index contributed by atoms with van der Waals surface area (Å²) in [6.07, 6.45) is -3.95. The van der Waals surface area contributed by atoms with Crippen LogP contribution in [0, 0.1) is 0 Å². The number of hydrogen-bond acceptors (Lipinski definition) is 3. The van der Waals surface area contributed by atoms with Crippen LogP contribution in [-0.2, 0) is 17.4 Å². The summed E-state index contributed by atoms with van der Waals surface area (Å²) in [5.74, 6) is -0.530. The zero-order valence-corrected chi connectivity index (χ0v) is 16.0. The molecule has 0 aliphatic rings. The summed E-state index contributed by atoms with van der Waals surface area (Å²) in [7, 11) is 0. The second-order valence-corrected chi connectivity index (χ2v) is 6.88. The minimum atomic E-state index is -4.70. The molecule has 0 fully saturated rings. The molecule has 0 aliphatic heterocycles. The quantitative estimate of drug-likeness (QED) is 0.601. The predicted molar refractivity (Wildman–Crippen MR) is 104 cm³/mol. The fourth-order valence-electron chi connectivity index (χ4n) is 2.53. The minimum absolute atomic E-state index is 0.00253. The Balaban J connectivity index is 1.78. The number of aromatic nitrogens is 2. The first-order valence-corrected chi connectivity index (χ1v) is 8.90. The lowest BCUT2D eigenvalue weighted by molar-refractivity contribution is -0.137. The number of aromatic amines is 1. The first-order valence-electron chi connectivity index (χ1n) is 8.14. The first-order chi connectivity index (χ1) is 13.6. The van der Waals surface area contributed by atoms with Gasteiger partial charge in [0.25, 0.3) is 5.56 Å². The molecule has 0 radical (unpaired) electrons. The second-order valence-electron chi connectivity index (χ2n) is 6.01. The van der Waals surface area contributed by atoms with Gasteiger partial charge in [0.1, 0.15) is 5.82 Å². The Hall–Kier alpha value is -2.84. The van der Waals surface area contributed by atoms with Crippen molar-refractivity contribution < 1.29 is 18.0 Å². The van der Waals surface area contributed by atoms with Crippen LogP contribution >= 0.6 is 23.2 Å². The van der Waals surface area contributed by atoms with Gasteiger partial charge in [-0.25, -0.2) is 4.98 Å². The predicted octanol–water partition coefficient (Wildman–Crippen LogP) is 4.94. The summed E-state index contributed by atoms with van der Waals surface area (Å²) in [6, 6.07) is 9.56. The highest BCUT2D eigenvalue weighted by Crippen LogP contribution is 2.36. The Morgan fingerprint density at radius 3 is 2.34 bits per heavy atom. The molecule has 2 aromatic carbocycles. The Labute approximate surface area is 172 Å². The normalized spacial score (nSPS) is 11.3. The van der Waals surface area contributed by atoms with Crippen molar-refractivity contribution in [3.05, 3.63) is 80.2 Å². The lowest BCUT2D eigenvalue weighted by atomic mass is 10.1. The molecule has 10 heteroatoms. The lowest BCUT2D eigenvalue weighted by Gasteiger charge is -2.14. The summed E-state index contributed by atoms with van der Waals surface area (Å²) in [6.45, 7) is 0. The standard InChI is InChI=1S/C19H12Cl2F3N3O2/c20-12-3-1-10(2-4-12)17-25-9-11(18(29)27-17)7-16(28)26-15-6-5-13(21)8-14(15)19(22,23)24/h1-6,8-9H,7H2,(H,26,28)(H,25,27,29). The third-order valence-electron chi connectivity index (χ3n) is 3.90. The van der Waals surface area contributed by atoms with Crippen LogP contribution < -0.4 is 10.9 Å². The summed E-state index contributed by atoms with van der Waals surface area (Å²) in [4.78, 5) is 31.1. The van der Waals surface area contributed by atoms with Gasteiger partial charge in [-0.2, -0.15) is 13.2 Å². The van der Waals surface area contributed by atoms with Gasteiger partial charge in [-0.05, 0) is 42.5 Å². The highest BCUT2D eigenvalue weighted by Gasteiger charge is 2.34. The Morgan fingerprint density at radius 1 is 1.07 bits per heavy atom. The van der Waals surface area contributed by atoms with Crippen LogP contribution in [0.4, 0.5) is 18.9 Å². The number of benzene rings is 2. The maximum Gasteiger partial charge on any atom is 0.418 e. The van der Waals surface area contributed by atoms with Gasteiger partial charge in [0.15, 0.2) is 0 Å². The summed E-state index contributed by atoms with van der Waals surface area (Å²) < 4.78 is 39.4. The average Bonchev–Trinajstić information content (AvgIpc) is 2.64. The van der Waals surface area contributed by atoms with Gasteiger partial charge >= 0.3 is 6.18 Å². The van der Waals surface area contributed by atoms with Gasteiger partial charge < -0.3 is 10.3 Å². The van der Waals surface area contributed by atoms with E-state index in [1.807, 2.05) is 0 Å². The fourth-order valence-corrected chi connectivity index (χ4v) is 2.83. The zero-order chi connectivity index (χ0) is 21.2. The molecule has 29 heavy (non-hydrogen) atoms. The summed E-state index contributed by atoms with van der Waals surface area (Å²) in [5, 5.41) is 2.56. The number of H-pyrrole nitrogens is 1. The molecule has 1 heterocycles. The molecule has 5 nitrogen and oxygen atoms in total. The van der Waals surface area contributed by atoms with Crippen molar-refractivity contribution in [2.45, 2.75) is 12.6 Å². The van der Waals surface area contributed by atoms with Gasteiger partial charge in [0.05, 0.1) is 17.7 Å². The maximum atomic E-state index is 13.1. The topological polar surface area (TPSA) is 74.8 Å².